The second kappa shape index (κ2) is 5.07. The maximum atomic E-state index is 11.5. The third-order valence-electron chi connectivity index (χ3n) is 4.23. The fourth-order valence-corrected chi connectivity index (χ4v) is 3.39. The molecule has 0 aromatic carbocycles. The molecule has 0 aliphatic heterocycles. The molecule has 1 heterocycles. The molecule has 0 amide bonds. The van der Waals surface area contributed by atoms with Crippen molar-refractivity contribution in [2.75, 3.05) is 11.9 Å². The van der Waals surface area contributed by atoms with Crippen LogP contribution in [0.15, 0.2) is 0 Å². The third-order valence-corrected chi connectivity index (χ3v) is 4.91. The van der Waals surface area contributed by atoms with Crippen molar-refractivity contribution < 1.29 is 9.90 Å². The monoisotopic (exact) mass is 281 g/mol. The summed E-state index contributed by atoms with van der Waals surface area (Å²) in [4.78, 5) is 16.0. The summed E-state index contributed by atoms with van der Waals surface area (Å²) in [5, 5.41) is 13.5. The van der Waals surface area contributed by atoms with Gasteiger partial charge in [0.05, 0.1) is 5.41 Å². The number of nitrogens with zero attached hydrogens (tertiary/aromatic N) is 2. The number of anilines is 1. The number of aliphatic carboxylic acids is 1. The number of carboxylic acids is 1. The normalized spacial score (nSPS) is 22.1. The number of hydrogen-bond donors (Lipinski definition) is 2. The van der Waals surface area contributed by atoms with Gasteiger partial charge in [0.2, 0.25) is 5.13 Å². The highest BCUT2D eigenvalue weighted by atomic mass is 32.1. The number of aromatic nitrogens is 2. The van der Waals surface area contributed by atoms with Crippen LogP contribution in [0.3, 0.4) is 0 Å². The van der Waals surface area contributed by atoms with E-state index in [1.165, 1.54) is 24.4 Å². The van der Waals surface area contributed by atoms with Crippen LogP contribution in [-0.4, -0.2) is 27.0 Å². The van der Waals surface area contributed by atoms with E-state index in [-0.39, 0.29) is 0 Å². The molecule has 1 aromatic heterocycles. The van der Waals surface area contributed by atoms with Crippen LogP contribution in [-0.2, 0) is 4.79 Å². The van der Waals surface area contributed by atoms with Crippen molar-refractivity contribution in [1.29, 1.82) is 0 Å². The molecule has 5 nitrogen and oxygen atoms in total. The molecule has 0 unspecified atom stereocenters. The molecular weight excluding hydrogens is 262 g/mol. The highest BCUT2D eigenvalue weighted by Crippen LogP contribution is 2.40. The van der Waals surface area contributed by atoms with E-state index < -0.39 is 11.4 Å². The van der Waals surface area contributed by atoms with Gasteiger partial charge in [-0.25, -0.2) is 4.98 Å². The van der Waals surface area contributed by atoms with E-state index >= 15 is 0 Å². The van der Waals surface area contributed by atoms with Crippen LogP contribution in [0.25, 0.3) is 0 Å². The highest BCUT2D eigenvalue weighted by Gasteiger charge is 2.39. The fraction of sp³-hybridized carbons (Fsp3) is 0.769. The number of rotatable bonds is 5. The molecule has 0 radical (unpaired) electrons. The average molecular weight is 281 g/mol. The van der Waals surface area contributed by atoms with Crippen LogP contribution in [0.5, 0.6) is 0 Å². The van der Waals surface area contributed by atoms with Gasteiger partial charge < -0.3 is 10.4 Å². The Hall–Kier alpha value is -1.17. The Bertz CT molecular complexity index is 464. The van der Waals surface area contributed by atoms with Crippen molar-refractivity contribution >= 4 is 22.6 Å². The minimum absolute atomic E-state index is 0.474. The van der Waals surface area contributed by atoms with Crippen molar-refractivity contribution in [2.24, 2.45) is 5.41 Å². The van der Waals surface area contributed by atoms with Gasteiger partial charge in [-0.05, 0) is 25.7 Å². The Balaban J connectivity index is 1.63. The van der Waals surface area contributed by atoms with E-state index in [0.29, 0.717) is 12.5 Å². The second-order valence-corrected chi connectivity index (χ2v) is 6.48. The Labute approximate surface area is 116 Å². The summed E-state index contributed by atoms with van der Waals surface area (Å²) in [6.45, 7) is 0.474. The molecule has 0 bridgehead atoms. The molecule has 19 heavy (non-hydrogen) atoms. The van der Waals surface area contributed by atoms with E-state index in [9.17, 15) is 9.90 Å². The van der Waals surface area contributed by atoms with Crippen molar-refractivity contribution in [1.82, 2.24) is 9.36 Å². The fourth-order valence-electron chi connectivity index (χ4n) is 2.75. The van der Waals surface area contributed by atoms with E-state index in [1.807, 2.05) is 0 Å². The number of hydrogen-bond acceptors (Lipinski definition) is 5. The molecule has 0 spiro atoms. The molecule has 2 aliphatic carbocycles. The summed E-state index contributed by atoms with van der Waals surface area (Å²) < 4.78 is 4.33. The molecule has 3 rings (SSSR count). The molecule has 6 heteroatoms. The Kier molecular flexibility index (Phi) is 3.43. The predicted molar refractivity (Wildman–Crippen MR) is 73.5 cm³/mol. The van der Waals surface area contributed by atoms with Gasteiger partial charge in [0.25, 0.3) is 0 Å². The van der Waals surface area contributed by atoms with E-state index in [4.69, 9.17) is 0 Å². The third kappa shape index (κ3) is 2.73. The Morgan fingerprint density at radius 1 is 1.37 bits per heavy atom. The van der Waals surface area contributed by atoms with Gasteiger partial charge in [0.15, 0.2) is 0 Å². The zero-order valence-corrected chi connectivity index (χ0v) is 11.7. The van der Waals surface area contributed by atoms with E-state index in [2.05, 4.69) is 14.7 Å². The van der Waals surface area contributed by atoms with Crippen LogP contribution < -0.4 is 5.32 Å². The van der Waals surface area contributed by atoms with Crippen molar-refractivity contribution in [3.63, 3.8) is 0 Å². The van der Waals surface area contributed by atoms with Gasteiger partial charge in [-0.15, -0.1) is 0 Å². The van der Waals surface area contributed by atoms with Gasteiger partial charge >= 0.3 is 5.97 Å². The smallest absolute Gasteiger partial charge is 0.311 e. The van der Waals surface area contributed by atoms with Crippen LogP contribution in [0.1, 0.15) is 56.7 Å². The first-order valence-corrected chi connectivity index (χ1v) is 7.78. The minimum atomic E-state index is -0.674. The zero-order chi connectivity index (χ0) is 13.3. The van der Waals surface area contributed by atoms with Crippen molar-refractivity contribution in [3.8, 4) is 0 Å². The van der Waals surface area contributed by atoms with Crippen LogP contribution in [0.4, 0.5) is 5.13 Å². The predicted octanol–water partition coefficient (Wildman–Crippen LogP) is 2.86. The number of carboxylic acid groups (broad SMARTS) is 1. The lowest BCUT2D eigenvalue weighted by molar-refractivity contribution is -0.150. The quantitative estimate of drug-likeness (QED) is 0.868. The molecule has 2 saturated carbocycles. The Morgan fingerprint density at radius 3 is 2.74 bits per heavy atom. The summed E-state index contributed by atoms with van der Waals surface area (Å²) in [5.41, 5.74) is -0.607. The summed E-state index contributed by atoms with van der Waals surface area (Å²) >= 11 is 1.35. The van der Waals surface area contributed by atoms with Crippen LogP contribution in [0, 0.1) is 5.41 Å². The summed E-state index contributed by atoms with van der Waals surface area (Å²) in [7, 11) is 0. The topological polar surface area (TPSA) is 75.1 Å². The largest absolute Gasteiger partial charge is 0.481 e. The van der Waals surface area contributed by atoms with Gasteiger partial charge in [-0.2, -0.15) is 4.37 Å². The van der Waals surface area contributed by atoms with Gasteiger partial charge in [0.1, 0.15) is 5.82 Å². The first-order chi connectivity index (χ1) is 9.20. The first-order valence-electron chi connectivity index (χ1n) is 7.00. The van der Waals surface area contributed by atoms with Gasteiger partial charge in [0, 0.05) is 24.0 Å². The van der Waals surface area contributed by atoms with Crippen molar-refractivity contribution in [3.05, 3.63) is 5.82 Å². The summed E-state index contributed by atoms with van der Waals surface area (Å²) in [6.07, 6.45) is 7.09. The molecule has 1 aromatic rings. The standard InChI is InChI=1S/C13H19N3O2S/c17-11(18)13(6-2-1-3-7-13)8-14-12-15-10(16-19-12)9-4-5-9/h9H,1-8H2,(H,17,18)(H,14,15,16). The summed E-state index contributed by atoms with van der Waals surface area (Å²) in [5.74, 6) is 0.807. The first kappa shape index (κ1) is 12.8. The lowest BCUT2D eigenvalue weighted by Crippen LogP contribution is -2.39. The van der Waals surface area contributed by atoms with Gasteiger partial charge in [-0.3, -0.25) is 4.79 Å². The van der Waals surface area contributed by atoms with E-state index in [1.54, 1.807) is 0 Å². The SMILES string of the molecule is O=C(O)C1(CNc2nc(C3CC3)ns2)CCCCC1. The second-order valence-electron chi connectivity index (χ2n) is 5.73. The van der Waals surface area contributed by atoms with Crippen molar-refractivity contribution in [2.45, 2.75) is 50.9 Å². The van der Waals surface area contributed by atoms with Gasteiger partial charge in [-0.1, -0.05) is 19.3 Å². The average Bonchev–Trinajstić information content (AvgIpc) is 3.17. The molecule has 104 valence electrons. The summed E-state index contributed by atoms with van der Waals surface area (Å²) in [6, 6.07) is 0. The highest BCUT2D eigenvalue weighted by molar-refractivity contribution is 7.09. The maximum Gasteiger partial charge on any atom is 0.311 e. The lowest BCUT2D eigenvalue weighted by Gasteiger charge is -2.33. The van der Waals surface area contributed by atoms with E-state index in [0.717, 1.165) is 43.1 Å². The number of carbonyl (C=O) groups is 1. The zero-order valence-electron chi connectivity index (χ0n) is 10.9. The molecule has 0 atom stereocenters. The molecule has 2 fully saturated rings. The lowest BCUT2D eigenvalue weighted by atomic mass is 9.74. The Morgan fingerprint density at radius 2 is 2.11 bits per heavy atom. The molecule has 2 N–H and O–H groups in total. The molecule has 0 saturated heterocycles. The number of nitrogens with one attached hydrogen (secondary N) is 1. The minimum Gasteiger partial charge on any atom is -0.481 e. The molecule has 2 aliphatic rings. The maximum absolute atomic E-state index is 11.5. The van der Waals surface area contributed by atoms with Crippen LogP contribution in [0.2, 0.25) is 0 Å². The van der Waals surface area contributed by atoms with Crippen LogP contribution >= 0.6 is 11.5 Å². The molecular formula is C13H19N3O2S.